The molecule has 1 fully saturated rings. The predicted octanol–water partition coefficient (Wildman–Crippen LogP) is 4.93. The van der Waals surface area contributed by atoms with Crippen molar-refractivity contribution in [3.63, 3.8) is 0 Å². The second-order valence-corrected chi connectivity index (χ2v) is 9.61. The van der Waals surface area contributed by atoms with Crippen LogP contribution >= 0.6 is 11.6 Å². The number of benzene rings is 3. The van der Waals surface area contributed by atoms with Gasteiger partial charge in [-0.1, -0.05) is 29.8 Å². The van der Waals surface area contributed by atoms with Gasteiger partial charge in [0, 0.05) is 13.7 Å². The molecule has 0 aliphatic carbocycles. The molecule has 1 aliphatic heterocycles. The third kappa shape index (κ3) is 7.22. The Bertz CT molecular complexity index is 1370. The Balaban J connectivity index is 1.39. The number of hydrogen-bond acceptors (Lipinski definition) is 6. The van der Waals surface area contributed by atoms with Crippen LogP contribution in [0.5, 0.6) is 11.5 Å². The van der Waals surface area contributed by atoms with Gasteiger partial charge in [0.05, 0.1) is 47.6 Å². The van der Waals surface area contributed by atoms with E-state index >= 15 is 0 Å². The van der Waals surface area contributed by atoms with Crippen LogP contribution in [-0.2, 0) is 16.0 Å². The number of amides is 3. The Morgan fingerprint density at radius 2 is 1.73 bits per heavy atom. The molecule has 0 radical (unpaired) electrons. The first-order chi connectivity index (χ1) is 19.3. The topological polar surface area (TPSA) is 126 Å². The highest BCUT2D eigenvalue weighted by Crippen LogP contribution is 2.28. The molecular weight excluding hydrogens is 538 g/mol. The molecule has 11 heteroatoms. The fraction of sp³-hybridized carbons (Fsp3) is 0.276. The summed E-state index contributed by atoms with van der Waals surface area (Å²) < 4.78 is 16.9. The van der Waals surface area contributed by atoms with E-state index in [0.29, 0.717) is 46.4 Å². The second kappa shape index (κ2) is 13.2. The van der Waals surface area contributed by atoms with Crippen molar-refractivity contribution >= 4 is 40.9 Å². The molecule has 1 heterocycles. The second-order valence-electron chi connectivity index (χ2n) is 9.20. The largest absolute Gasteiger partial charge is 0.495 e. The van der Waals surface area contributed by atoms with Gasteiger partial charge < -0.3 is 34.9 Å². The maximum atomic E-state index is 13.3. The lowest BCUT2D eigenvalue weighted by Gasteiger charge is -2.25. The summed E-state index contributed by atoms with van der Waals surface area (Å²) >= 11 is 6.11. The Hall–Kier alpha value is -4.28. The van der Waals surface area contributed by atoms with Crippen molar-refractivity contribution in [3.8, 4) is 11.5 Å². The van der Waals surface area contributed by atoms with Crippen LogP contribution in [0.2, 0.25) is 5.02 Å². The fourth-order valence-corrected chi connectivity index (χ4v) is 4.64. The van der Waals surface area contributed by atoms with Crippen molar-refractivity contribution in [2.45, 2.75) is 25.0 Å². The van der Waals surface area contributed by atoms with Gasteiger partial charge in [-0.05, 0) is 60.5 Å². The number of nitrogens with zero attached hydrogens (tertiary/aromatic N) is 1. The highest BCUT2D eigenvalue weighted by molar-refractivity contribution is 6.33. The predicted molar refractivity (Wildman–Crippen MR) is 151 cm³/mol. The van der Waals surface area contributed by atoms with Gasteiger partial charge in [0.25, 0.3) is 0 Å². The quantitative estimate of drug-likeness (QED) is 0.317. The third-order valence-corrected chi connectivity index (χ3v) is 6.89. The number of anilines is 2. The van der Waals surface area contributed by atoms with Crippen molar-refractivity contribution in [1.82, 2.24) is 4.90 Å². The summed E-state index contributed by atoms with van der Waals surface area (Å²) in [5.41, 5.74) is 1.79. The molecule has 10 nitrogen and oxygen atoms in total. The van der Waals surface area contributed by atoms with E-state index in [1.807, 2.05) is 0 Å². The molecule has 0 saturated carbocycles. The summed E-state index contributed by atoms with van der Waals surface area (Å²) in [6, 6.07) is 17.5. The minimum atomic E-state index is -1.01. The maximum absolute atomic E-state index is 13.3. The molecule has 3 aromatic carbocycles. The number of para-hydroxylation sites is 1. The van der Waals surface area contributed by atoms with E-state index in [9.17, 15) is 14.4 Å². The summed E-state index contributed by atoms with van der Waals surface area (Å²) in [7, 11) is 3.10. The van der Waals surface area contributed by atoms with E-state index in [1.165, 1.54) is 19.2 Å². The molecular formula is C29H30ClN3O7. The lowest BCUT2D eigenvalue weighted by Crippen LogP contribution is -2.40. The zero-order chi connectivity index (χ0) is 28.6. The number of methoxy groups -OCH3 is 2. The lowest BCUT2D eigenvalue weighted by atomic mass is 10.1. The molecule has 1 saturated heterocycles. The van der Waals surface area contributed by atoms with Crippen LogP contribution in [-0.4, -0.2) is 67.4 Å². The van der Waals surface area contributed by atoms with E-state index in [-0.39, 0.29) is 36.6 Å². The van der Waals surface area contributed by atoms with Crippen LogP contribution in [0.4, 0.5) is 16.2 Å². The molecule has 210 valence electrons. The Morgan fingerprint density at radius 1 is 1.00 bits per heavy atom. The first-order valence-corrected chi connectivity index (χ1v) is 12.9. The fourth-order valence-electron chi connectivity index (χ4n) is 4.46. The first kappa shape index (κ1) is 28.7. The van der Waals surface area contributed by atoms with E-state index in [4.69, 9.17) is 30.9 Å². The first-order valence-electron chi connectivity index (χ1n) is 12.5. The average molecular weight is 568 g/mol. The maximum Gasteiger partial charge on any atom is 0.335 e. The molecule has 1 aliphatic rings. The smallest absolute Gasteiger partial charge is 0.335 e. The van der Waals surface area contributed by atoms with Crippen LogP contribution < -0.4 is 20.1 Å². The van der Waals surface area contributed by atoms with Crippen LogP contribution in [0.1, 0.15) is 22.3 Å². The number of likely N-dealkylation sites (tertiary alicyclic amines) is 1. The summed E-state index contributed by atoms with van der Waals surface area (Å²) in [5.74, 6) is -0.193. The number of ether oxygens (including phenoxy) is 3. The van der Waals surface area contributed by atoms with Gasteiger partial charge >= 0.3 is 12.0 Å². The van der Waals surface area contributed by atoms with Crippen molar-refractivity contribution in [3.05, 3.63) is 82.9 Å². The van der Waals surface area contributed by atoms with E-state index in [2.05, 4.69) is 10.6 Å². The normalized spacial score (nSPS) is 16.3. The standard InChI is InChI=1S/C29H30ClN3O7/c1-38-22-15-20(17-40-21-10-8-19(9-11-21)28(35)36)33(16-22)27(34)14-18-7-12-25(26(13-18)39-2)32-29(37)31-24-6-4-3-5-23(24)30/h3-13,20,22H,14-17H2,1-2H3,(H,35,36)(H2,31,32,37)/t20-,22?/m0/s1. The highest BCUT2D eigenvalue weighted by Gasteiger charge is 2.35. The number of carboxylic acids is 1. The molecule has 40 heavy (non-hydrogen) atoms. The number of urea groups is 1. The summed E-state index contributed by atoms with van der Waals surface area (Å²) in [6.45, 7) is 0.672. The van der Waals surface area contributed by atoms with E-state index in [0.717, 1.165) is 0 Å². The number of rotatable bonds is 10. The summed E-state index contributed by atoms with van der Waals surface area (Å²) in [5, 5.41) is 14.9. The average Bonchev–Trinajstić information content (AvgIpc) is 3.38. The molecule has 0 spiro atoms. The van der Waals surface area contributed by atoms with Gasteiger partial charge in [-0.3, -0.25) is 4.79 Å². The number of carboxylic acid groups (broad SMARTS) is 1. The minimum absolute atomic E-state index is 0.103. The number of carbonyl (C=O) groups is 3. The van der Waals surface area contributed by atoms with Crippen molar-refractivity contribution in [2.24, 2.45) is 0 Å². The highest BCUT2D eigenvalue weighted by atomic mass is 35.5. The van der Waals surface area contributed by atoms with Crippen LogP contribution in [0.15, 0.2) is 66.7 Å². The van der Waals surface area contributed by atoms with Gasteiger partial charge in [0.2, 0.25) is 5.91 Å². The van der Waals surface area contributed by atoms with Gasteiger partial charge in [0.1, 0.15) is 18.1 Å². The summed E-state index contributed by atoms with van der Waals surface area (Å²) in [4.78, 5) is 38.6. The Morgan fingerprint density at radius 3 is 2.40 bits per heavy atom. The van der Waals surface area contributed by atoms with Gasteiger partial charge in [-0.15, -0.1) is 0 Å². The monoisotopic (exact) mass is 567 g/mol. The van der Waals surface area contributed by atoms with Gasteiger partial charge in [-0.2, -0.15) is 0 Å². The summed E-state index contributed by atoms with van der Waals surface area (Å²) in [6.07, 6.45) is 0.606. The number of halogens is 1. The van der Waals surface area contributed by atoms with Gasteiger partial charge in [0.15, 0.2) is 0 Å². The number of nitrogens with one attached hydrogen (secondary N) is 2. The zero-order valence-electron chi connectivity index (χ0n) is 22.1. The molecule has 3 N–H and O–H groups in total. The van der Waals surface area contributed by atoms with Crippen LogP contribution in [0.3, 0.4) is 0 Å². The molecule has 0 aromatic heterocycles. The molecule has 2 atom stereocenters. The van der Waals surface area contributed by atoms with Crippen LogP contribution in [0, 0.1) is 0 Å². The third-order valence-electron chi connectivity index (χ3n) is 6.56. The Labute approximate surface area is 236 Å². The SMILES string of the molecule is COc1cc(CC(=O)N2CC(OC)C[C@H]2COc2ccc(C(=O)O)cc2)ccc1NC(=O)Nc1ccccc1Cl. The number of carbonyl (C=O) groups excluding carboxylic acids is 2. The number of aromatic carboxylic acids is 1. The Kier molecular flexibility index (Phi) is 9.47. The molecule has 1 unspecified atom stereocenters. The lowest BCUT2D eigenvalue weighted by molar-refractivity contribution is -0.132. The van der Waals surface area contributed by atoms with E-state index < -0.39 is 12.0 Å². The minimum Gasteiger partial charge on any atom is -0.495 e. The molecule has 3 aromatic rings. The molecule has 0 bridgehead atoms. The number of hydrogen-bond donors (Lipinski definition) is 3. The zero-order valence-corrected chi connectivity index (χ0v) is 22.8. The molecule has 4 rings (SSSR count). The van der Waals surface area contributed by atoms with Gasteiger partial charge in [-0.25, -0.2) is 9.59 Å². The van der Waals surface area contributed by atoms with Crippen molar-refractivity contribution in [1.29, 1.82) is 0 Å². The van der Waals surface area contributed by atoms with Crippen LogP contribution in [0.25, 0.3) is 0 Å². The van der Waals surface area contributed by atoms with E-state index in [1.54, 1.807) is 66.6 Å². The molecule has 3 amide bonds. The van der Waals surface area contributed by atoms with Crippen molar-refractivity contribution < 1.29 is 33.7 Å². The van der Waals surface area contributed by atoms with Crippen molar-refractivity contribution in [2.75, 3.05) is 38.0 Å².